The lowest BCUT2D eigenvalue weighted by atomic mass is 9.80. The quantitative estimate of drug-likeness (QED) is 0.276. The van der Waals surface area contributed by atoms with Crippen molar-refractivity contribution >= 4 is 29.6 Å². The molecule has 230 valence electrons. The van der Waals surface area contributed by atoms with Crippen molar-refractivity contribution in [1.82, 2.24) is 20.4 Å². The predicted molar refractivity (Wildman–Crippen MR) is 158 cm³/mol. The van der Waals surface area contributed by atoms with Crippen LogP contribution in [0.1, 0.15) is 58.4 Å². The van der Waals surface area contributed by atoms with Crippen molar-refractivity contribution in [3.05, 3.63) is 118 Å². The van der Waals surface area contributed by atoms with Gasteiger partial charge in [0.05, 0.1) is 16.9 Å². The van der Waals surface area contributed by atoms with E-state index in [2.05, 4.69) is 10.6 Å². The maximum atomic E-state index is 14.3. The topological polar surface area (TPSA) is 96.3 Å². The lowest BCUT2D eigenvalue weighted by Crippen LogP contribution is -2.55. The molecule has 0 spiro atoms. The number of rotatable bonds is 6. The number of likely N-dealkylation sites (N-methyl/N-ethyl adjacent to an activating group) is 1. The number of aromatic nitrogens is 2. The van der Waals surface area contributed by atoms with E-state index in [-0.39, 0.29) is 18.0 Å². The minimum atomic E-state index is -4.68. The number of fused-ring (bicyclic) bond motifs is 1. The van der Waals surface area contributed by atoms with Gasteiger partial charge in [-0.15, -0.1) is 0 Å². The van der Waals surface area contributed by atoms with E-state index in [1.54, 1.807) is 17.7 Å². The maximum Gasteiger partial charge on any atom is 0.416 e. The number of benzene rings is 3. The molecular weight excluding hydrogens is 590 g/mol. The molecule has 1 aromatic heterocycles. The molecule has 45 heavy (non-hydrogen) atoms. The first kappa shape index (κ1) is 29.8. The normalized spacial score (nSPS) is 19.0. The van der Waals surface area contributed by atoms with Crippen LogP contribution in [0, 0.1) is 5.82 Å². The van der Waals surface area contributed by atoms with Crippen LogP contribution in [-0.4, -0.2) is 40.1 Å². The van der Waals surface area contributed by atoms with Crippen molar-refractivity contribution in [1.29, 1.82) is 0 Å². The van der Waals surface area contributed by atoms with Crippen molar-refractivity contribution < 1.29 is 31.9 Å². The molecule has 6 rings (SSSR count). The molecule has 2 N–H and O–H groups in total. The third kappa shape index (κ3) is 5.70. The van der Waals surface area contributed by atoms with Crippen molar-refractivity contribution in [2.75, 3.05) is 11.4 Å². The number of hydrogen-bond acceptors (Lipinski definition) is 4. The summed E-state index contributed by atoms with van der Waals surface area (Å²) in [6.45, 7) is 1.92. The Balaban J connectivity index is 1.55. The predicted octanol–water partition coefficient (Wildman–Crippen LogP) is 5.58. The first-order valence-electron chi connectivity index (χ1n) is 14.3. The molecular formula is C33H27F4N5O3. The minimum Gasteiger partial charge on any atom is -0.339 e. The van der Waals surface area contributed by atoms with E-state index in [1.807, 2.05) is 30.3 Å². The maximum absolute atomic E-state index is 14.3. The monoisotopic (exact) mass is 617 g/mol. The molecule has 0 aliphatic carbocycles. The van der Waals surface area contributed by atoms with Crippen LogP contribution in [0.4, 0.5) is 23.4 Å². The highest BCUT2D eigenvalue weighted by molar-refractivity contribution is 6.06. The van der Waals surface area contributed by atoms with Crippen LogP contribution in [0.5, 0.6) is 0 Å². The molecule has 1 fully saturated rings. The largest absolute Gasteiger partial charge is 0.416 e. The zero-order valence-corrected chi connectivity index (χ0v) is 23.9. The number of carbonyl (C=O) groups is 3. The van der Waals surface area contributed by atoms with Gasteiger partial charge in [-0.1, -0.05) is 36.4 Å². The number of nitrogens with zero attached hydrogens (tertiary/aromatic N) is 3. The molecule has 3 amide bonds. The Hall–Kier alpha value is -5.26. The van der Waals surface area contributed by atoms with Crippen molar-refractivity contribution in [3.8, 4) is 5.69 Å². The van der Waals surface area contributed by atoms with E-state index < -0.39 is 41.3 Å². The number of anilines is 1. The second-order valence-electron chi connectivity index (χ2n) is 10.7. The molecule has 12 heteroatoms. The Kier molecular flexibility index (Phi) is 7.73. The third-order valence-electron chi connectivity index (χ3n) is 7.87. The third-order valence-corrected chi connectivity index (χ3v) is 7.87. The molecule has 2 aliphatic heterocycles. The summed E-state index contributed by atoms with van der Waals surface area (Å²) in [5.74, 6) is -2.58. The summed E-state index contributed by atoms with van der Waals surface area (Å²) < 4.78 is 56.1. The second kappa shape index (κ2) is 11.7. The molecule has 3 aromatic carbocycles. The zero-order chi connectivity index (χ0) is 31.9. The van der Waals surface area contributed by atoms with Crippen LogP contribution in [0.3, 0.4) is 0 Å². The van der Waals surface area contributed by atoms with Gasteiger partial charge in [0.1, 0.15) is 17.7 Å². The Bertz CT molecular complexity index is 1820. The number of amides is 3. The standard InChI is InChI=1S/C33H27F4N5O3/c1-2-41-31-28(25(18-23-15-16-26(43)38-23)40-42(31)24-9-4-3-5-10-24)27(19-11-13-22(34)14-12-19)29(32(41)45)39-30(44)20-7-6-8-21(17-20)33(35,36)37/h3-14,17-18,27,29H,2,15-16H2,1H3,(H,38,43)(H,39,44)/b23-18+/t27-,29-/m1/s1. The lowest BCUT2D eigenvalue weighted by molar-refractivity contribution is -0.137. The number of alkyl halides is 3. The number of halogens is 4. The van der Waals surface area contributed by atoms with E-state index in [9.17, 15) is 31.9 Å². The fourth-order valence-electron chi connectivity index (χ4n) is 5.80. The average Bonchev–Trinajstić information content (AvgIpc) is 3.61. The molecule has 1 saturated heterocycles. The van der Waals surface area contributed by atoms with Crippen molar-refractivity contribution in [3.63, 3.8) is 0 Å². The average molecular weight is 618 g/mol. The van der Waals surface area contributed by atoms with E-state index in [4.69, 9.17) is 5.10 Å². The molecule has 2 atom stereocenters. The minimum absolute atomic E-state index is 0.149. The van der Waals surface area contributed by atoms with Gasteiger partial charge in [0.2, 0.25) is 5.91 Å². The van der Waals surface area contributed by atoms with Gasteiger partial charge < -0.3 is 10.6 Å². The van der Waals surface area contributed by atoms with E-state index in [0.29, 0.717) is 46.9 Å². The van der Waals surface area contributed by atoms with Gasteiger partial charge in [-0.25, -0.2) is 9.07 Å². The highest BCUT2D eigenvalue weighted by Crippen LogP contribution is 2.44. The van der Waals surface area contributed by atoms with Crippen molar-refractivity contribution in [2.24, 2.45) is 0 Å². The highest BCUT2D eigenvalue weighted by Gasteiger charge is 2.46. The van der Waals surface area contributed by atoms with Crippen LogP contribution in [0.2, 0.25) is 0 Å². The summed E-state index contributed by atoms with van der Waals surface area (Å²) in [5, 5.41) is 10.4. The SMILES string of the molecule is CCN1C(=O)[C@H](NC(=O)c2cccc(C(F)(F)F)c2)[C@H](c2ccc(F)cc2)c2c(/C=C3\CCC(=O)N3)nn(-c3ccccc3)c21. The summed E-state index contributed by atoms with van der Waals surface area (Å²) in [4.78, 5) is 41.3. The Morgan fingerprint density at radius 2 is 1.76 bits per heavy atom. The van der Waals surface area contributed by atoms with E-state index in [1.165, 1.54) is 35.2 Å². The molecule has 0 bridgehead atoms. The van der Waals surface area contributed by atoms with Crippen LogP contribution in [-0.2, 0) is 15.8 Å². The molecule has 3 heterocycles. The first-order chi connectivity index (χ1) is 21.5. The summed E-state index contributed by atoms with van der Waals surface area (Å²) in [6.07, 6.45) is -2.22. The zero-order valence-electron chi connectivity index (χ0n) is 23.9. The van der Waals surface area contributed by atoms with Gasteiger partial charge in [0.25, 0.3) is 11.8 Å². The molecule has 0 saturated carbocycles. The highest BCUT2D eigenvalue weighted by atomic mass is 19.4. The molecule has 4 aromatic rings. The van der Waals surface area contributed by atoms with Crippen LogP contribution in [0.25, 0.3) is 11.8 Å². The van der Waals surface area contributed by atoms with Crippen LogP contribution < -0.4 is 15.5 Å². The van der Waals surface area contributed by atoms with Crippen molar-refractivity contribution in [2.45, 2.75) is 37.9 Å². The van der Waals surface area contributed by atoms with Gasteiger partial charge >= 0.3 is 6.18 Å². The second-order valence-corrected chi connectivity index (χ2v) is 10.7. The smallest absolute Gasteiger partial charge is 0.339 e. The fraction of sp³-hybridized carbons (Fsp3) is 0.212. The first-order valence-corrected chi connectivity index (χ1v) is 14.3. The molecule has 2 aliphatic rings. The number of carbonyl (C=O) groups excluding carboxylic acids is 3. The van der Waals surface area contributed by atoms with Gasteiger partial charge in [0.15, 0.2) is 0 Å². The van der Waals surface area contributed by atoms with Gasteiger partial charge in [0, 0.05) is 35.7 Å². The molecule has 0 unspecified atom stereocenters. The number of para-hydroxylation sites is 1. The Labute approximate surface area is 255 Å². The summed E-state index contributed by atoms with van der Waals surface area (Å²) >= 11 is 0. The summed E-state index contributed by atoms with van der Waals surface area (Å²) in [6, 6.07) is 17.2. The Morgan fingerprint density at radius 3 is 2.40 bits per heavy atom. The number of hydrogen-bond donors (Lipinski definition) is 2. The van der Waals surface area contributed by atoms with Gasteiger partial charge in [-0.3, -0.25) is 19.3 Å². The lowest BCUT2D eigenvalue weighted by Gasteiger charge is -2.38. The van der Waals surface area contributed by atoms with E-state index in [0.717, 1.165) is 18.2 Å². The number of nitrogens with one attached hydrogen (secondary N) is 2. The Morgan fingerprint density at radius 1 is 1.02 bits per heavy atom. The summed E-state index contributed by atoms with van der Waals surface area (Å²) in [5.41, 5.74) is 1.38. The van der Waals surface area contributed by atoms with Crippen LogP contribution in [0.15, 0.2) is 84.6 Å². The van der Waals surface area contributed by atoms with E-state index >= 15 is 0 Å². The van der Waals surface area contributed by atoms with Crippen LogP contribution >= 0.6 is 0 Å². The number of allylic oxidation sites excluding steroid dienone is 1. The molecule has 0 radical (unpaired) electrons. The van der Waals surface area contributed by atoms with Gasteiger partial charge in [-0.05, 0) is 67.4 Å². The van der Waals surface area contributed by atoms with Gasteiger partial charge in [-0.2, -0.15) is 18.3 Å². The fourth-order valence-corrected chi connectivity index (χ4v) is 5.80. The molecule has 8 nitrogen and oxygen atoms in total. The summed E-state index contributed by atoms with van der Waals surface area (Å²) in [7, 11) is 0.